The Balaban J connectivity index is 1.54. The number of aromatic amines is 2. The maximum absolute atomic E-state index is 12.0. The number of benzene rings is 1. The van der Waals surface area contributed by atoms with Crippen molar-refractivity contribution in [3.05, 3.63) is 52.7 Å². The molecule has 4 aromatic rings. The molecule has 3 aromatic heterocycles. The fourth-order valence-electron chi connectivity index (χ4n) is 2.43. The zero-order valence-corrected chi connectivity index (χ0v) is 13.1. The normalized spacial score (nSPS) is 11.0. The molecule has 3 N–H and O–H groups in total. The van der Waals surface area contributed by atoms with Crippen LogP contribution in [-0.4, -0.2) is 30.6 Å². The first-order valence-corrected chi connectivity index (χ1v) is 8.00. The highest BCUT2D eigenvalue weighted by Gasteiger charge is 2.12. The van der Waals surface area contributed by atoms with Gasteiger partial charge in [-0.15, -0.1) is 11.3 Å². The molecule has 1 aromatic carbocycles. The highest BCUT2D eigenvalue weighted by molar-refractivity contribution is 7.14. The quantitative estimate of drug-likeness (QED) is 0.526. The van der Waals surface area contributed by atoms with Crippen LogP contribution in [0.1, 0.15) is 0 Å². The highest BCUT2D eigenvalue weighted by atomic mass is 32.1. The number of nitrogens with one attached hydrogen (secondary N) is 3. The fourth-order valence-corrected chi connectivity index (χ4v) is 3.16. The van der Waals surface area contributed by atoms with Crippen molar-refractivity contribution < 1.29 is 4.79 Å². The largest absolute Gasteiger partial charge is 0.360 e. The first-order chi connectivity index (χ1) is 11.7. The van der Waals surface area contributed by atoms with Crippen LogP contribution in [0, 0.1) is 0 Å². The third kappa shape index (κ3) is 2.61. The SMILES string of the molecule is O=C(Cn1cn[nH]c1=O)Nc1nc(-c2c[nH]c3ccccc23)cs1. The second-order valence-electron chi connectivity index (χ2n) is 5.12. The van der Waals surface area contributed by atoms with Gasteiger partial charge >= 0.3 is 5.69 Å². The molecule has 0 unspecified atom stereocenters. The lowest BCUT2D eigenvalue weighted by Gasteiger charge is -2.00. The number of anilines is 1. The molecule has 4 rings (SSSR count). The van der Waals surface area contributed by atoms with Crippen molar-refractivity contribution in [2.45, 2.75) is 6.54 Å². The van der Waals surface area contributed by atoms with Crippen molar-refractivity contribution in [2.75, 3.05) is 5.32 Å². The number of para-hydroxylation sites is 1. The molecular weight excluding hydrogens is 328 g/mol. The van der Waals surface area contributed by atoms with E-state index in [1.54, 1.807) is 0 Å². The number of fused-ring (bicyclic) bond motifs is 1. The standard InChI is InChI=1S/C15H12N6O2S/c22-13(6-21-8-17-20-15(21)23)19-14-18-12(7-24-14)10-5-16-11-4-2-1-3-9(10)11/h1-5,7-8,16H,6H2,(H,20,23)(H,18,19,22). The van der Waals surface area contributed by atoms with E-state index in [0.29, 0.717) is 5.13 Å². The summed E-state index contributed by atoms with van der Waals surface area (Å²) in [5.41, 5.74) is 2.37. The monoisotopic (exact) mass is 340 g/mol. The summed E-state index contributed by atoms with van der Waals surface area (Å²) >= 11 is 1.33. The van der Waals surface area contributed by atoms with Gasteiger partial charge in [-0.2, -0.15) is 5.10 Å². The Morgan fingerprint density at radius 3 is 3.04 bits per heavy atom. The first-order valence-electron chi connectivity index (χ1n) is 7.12. The number of nitrogens with zero attached hydrogens (tertiary/aromatic N) is 3. The van der Waals surface area contributed by atoms with Crippen LogP contribution in [0.5, 0.6) is 0 Å². The van der Waals surface area contributed by atoms with Gasteiger partial charge in [-0.25, -0.2) is 14.9 Å². The third-order valence-electron chi connectivity index (χ3n) is 3.55. The number of rotatable bonds is 4. The first kappa shape index (κ1) is 14.4. The average molecular weight is 340 g/mol. The smallest absolute Gasteiger partial charge is 0.343 e. The summed E-state index contributed by atoms with van der Waals surface area (Å²) in [7, 11) is 0. The van der Waals surface area contributed by atoms with Gasteiger partial charge in [0.15, 0.2) is 5.13 Å². The summed E-state index contributed by atoms with van der Waals surface area (Å²) in [6, 6.07) is 7.95. The van der Waals surface area contributed by atoms with E-state index < -0.39 is 5.69 Å². The maximum Gasteiger partial charge on any atom is 0.343 e. The van der Waals surface area contributed by atoms with E-state index in [0.717, 1.165) is 22.2 Å². The molecule has 24 heavy (non-hydrogen) atoms. The Hall–Kier alpha value is -3.20. The summed E-state index contributed by atoms with van der Waals surface area (Å²) < 4.78 is 1.18. The van der Waals surface area contributed by atoms with Crippen LogP contribution in [0.3, 0.4) is 0 Å². The molecule has 0 radical (unpaired) electrons. The summed E-state index contributed by atoms with van der Waals surface area (Å²) in [4.78, 5) is 31.0. The van der Waals surface area contributed by atoms with Crippen LogP contribution in [0.25, 0.3) is 22.2 Å². The number of H-pyrrole nitrogens is 2. The van der Waals surface area contributed by atoms with Crippen LogP contribution in [0.2, 0.25) is 0 Å². The van der Waals surface area contributed by atoms with E-state index in [1.807, 2.05) is 35.8 Å². The molecule has 0 saturated carbocycles. The molecule has 0 bridgehead atoms. The van der Waals surface area contributed by atoms with Crippen molar-refractivity contribution in [3.8, 4) is 11.3 Å². The Morgan fingerprint density at radius 1 is 1.33 bits per heavy atom. The second kappa shape index (κ2) is 5.78. The number of aromatic nitrogens is 5. The van der Waals surface area contributed by atoms with Crippen LogP contribution in [0.15, 0.2) is 47.0 Å². The Morgan fingerprint density at radius 2 is 2.21 bits per heavy atom. The van der Waals surface area contributed by atoms with Crippen molar-refractivity contribution in [3.63, 3.8) is 0 Å². The van der Waals surface area contributed by atoms with Crippen molar-refractivity contribution >= 4 is 33.3 Å². The Bertz CT molecular complexity index is 1070. The van der Waals surface area contributed by atoms with Crippen LogP contribution in [0.4, 0.5) is 5.13 Å². The Kier molecular flexibility index (Phi) is 3.47. The minimum absolute atomic E-state index is 0.114. The van der Waals surface area contributed by atoms with Gasteiger partial charge in [-0.05, 0) is 6.07 Å². The zero-order chi connectivity index (χ0) is 16.5. The number of thiazole rings is 1. The summed E-state index contributed by atoms with van der Waals surface area (Å²) in [6.45, 7) is -0.114. The van der Waals surface area contributed by atoms with E-state index in [1.165, 1.54) is 22.2 Å². The molecule has 120 valence electrons. The van der Waals surface area contributed by atoms with Gasteiger partial charge in [0.2, 0.25) is 5.91 Å². The number of amides is 1. The van der Waals surface area contributed by atoms with Crippen molar-refractivity contribution in [1.29, 1.82) is 0 Å². The lowest BCUT2D eigenvalue weighted by molar-refractivity contribution is -0.116. The molecule has 0 aliphatic rings. The summed E-state index contributed by atoms with van der Waals surface area (Å²) in [5, 5.41) is 12.0. The van der Waals surface area contributed by atoms with Gasteiger partial charge in [0.1, 0.15) is 12.9 Å². The van der Waals surface area contributed by atoms with Gasteiger partial charge in [-0.1, -0.05) is 18.2 Å². The number of hydrogen-bond acceptors (Lipinski definition) is 5. The van der Waals surface area contributed by atoms with Gasteiger partial charge in [0.25, 0.3) is 0 Å². The number of hydrogen-bond donors (Lipinski definition) is 3. The lowest BCUT2D eigenvalue weighted by Crippen LogP contribution is -2.25. The van der Waals surface area contributed by atoms with Gasteiger partial charge in [-0.3, -0.25) is 9.36 Å². The molecule has 1 amide bonds. The number of carbonyl (C=O) groups excluding carboxylic acids is 1. The van der Waals surface area contributed by atoms with Gasteiger partial charge in [0.05, 0.1) is 5.69 Å². The fraction of sp³-hybridized carbons (Fsp3) is 0.0667. The average Bonchev–Trinajstić information content (AvgIpc) is 3.28. The molecule has 0 spiro atoms. The molecule has 0 aliphatic heterocycles. The molecule has 0 fully saturated rings. The van der Waals surface area contributed by atoms with E-state index >= 15 is 0 Å². The minimum Gasteiger partial charge on any atom is -0.360 e. The van der Waals surface area contributed by atoms with E-state index in [-0.39, 0.29) is 12.5 Å². The highest BCUT2D eigenvalue weighted by Crippen LogP contribution is 2.30. The van der Waals surface area contributed by atoms with Crippen molar-refractivity contribution in [2.24, 2.45) is 0 Å². The van der Waals surface area contributed by atoms with Crippen LogP contribution < -0.4 is 11.0 Å². The number of carbonyl (C=O) groups is 1. The topological polar surface area (TPSA) is 108 Å². The molecule has 8 nitrogen and oxygen atoms in total. The van der Waals surface area contributed by atoms with E-state index in [2.05, 4.69) is 25.5 Å². The molecule has 9 heteroatoms. The molecule has 3 heterocycles. The van der Waals surface area contributed by atoms with Crippen molar-refractivity contribution in [1.82, 2.24) is 24.7 Å². The predicted octanol–water partition coefficient (Wildman–Crippen LogP) is 1.81. The lowest BCUT2D eigenvalue weighted by atomic mass is 10.1. The van der Waals surface area contributed by atoms with E-state index in [4.69, 9.17) is 0 Å². The van der Waals surface area contributed by atoms with E-state index in [9.17, 15) is 9.59 Å². The summed E-state index contributed by atoms with van der Waals surface area (Å²) in [5.74, 6) is -0.335. The third-order valence-corrected chi connectivity index (χ3v) is 4.31. The minimum atomic E-state index is -0.427. The van der Waals surface area contributed by atoms with Gasteiger partial charge < -0.3 is 10.3 Å². The Labute approximate surface area is 139 Å². The maximum atomic E-state index is 12.0. The summed E-state index contributed by atoms with van der Waals surface area (Å²) in [6.07, 6.45) is 3.18. The zero-order valence-electron chi connectivity index (χ0n) is 12.3. The van der Waals surface area contributed by atoms with Crippen LogP contribution >= 0.6 is 11.3 Å². The predicted molar refractivity (Wildman–Crippen MR) is 90.9 cm³/mol. The molecule has 0 atom stereocenters. The van der Waals surface area contributed by atoms with Crippen LogP contribution in [-0.2, 0) is 11.3 Å². The second-order valence-corrected chi connectivity index (χ2v) is 5.98. The molecule has 0 saturated heterocycles. The molecule has 0 aliphatic carbocycles. The van der Waals surface area contributed by atoms with Gasteiger partial charge in [0, 0.05) is 28.0 Å². The molecular formula is C15H12N6O2S.